The largest absolute Gasteiger partial charge is 0.508 e. The summed E-state index contributed by atoms with van der Waals surface area (Å²) in [5.74, 6) is -0.681. The minimum atomic E-state index is -0.820. The molecule has 33 heavy (non-hydrogen) atoms. The molecule has 7 heteroatoms. The van der Waals surface area contributed by atoms with Crippen LogP contribution in [-0.2, 0) is 16.1 Å². The van der Waals surface area contributed by atoms with E-state index in [1.54, 1.807) is 30.3 Å². The number of ether oxygens (including phenoxy) is 2. The van der Waals surface area contributed by atoms with Crippen molar-refractivity contribution in [2.24, 2.45) is 0 Å². The quantitative estimate of drug-likeness (QED) is 0.362. The molecule has 1 atom stereocenters. The third-order valence-electron chi connectivity index (χ3n) is 5.76. The van der Waals surface area contributed by atoms with Gasteiger partial charge in [0, 0.05) is 12.1 Å². The number of rotatable bonds is 4. The number of ketones is 1. The fraction of sp³-hybridized carbons (Fsp3) is 0.154. The molecule has 0 unspecified atom stereocenters. The molecule has 2 N–H and O–H groups in total. The Balaban J connectivity index is 1.63. The van der Waals surface area contributed by atoms with Gasteiger partial charge in [0.25, 0.3) is 11.7 Å². The molecule has 0 spiro atoms. The summed E-state index contributed by atoms with van der Waals surface area (Å²) >= 11 is 0. The van der Waals surface area contributed by atoms with E-state index in [1.807, 2.05) is 30.3 Å². The lowest BCUT2D eigenvalue weighted by molar-refractivity contribution is -0.140. The summed E-state index contributed by atoms with van der Waals surface area (Å²) in [7, 11) is 0. The van der Waals surface area contributed by atoms with E-state index in [4.69, 9.17) is 9.47 Å². The zero-order chi connectivity index (χ0) is 22.9. The van der Waals surface area contributed by atoms with E-state index in [2.05, 4.69) is 0 Å². The highest BCUT2D eigenvalue weighted by Crippen LogP contribution is 2.42. The number of aromatic hydroxyl groups is 1. The highest BCUT2D eigenvalue weighted by molar-refractivity contribution is 6.46. The number of benzene rings is 3. The maximum absolute atomic E-state index is 13.1. The number of phenols is 1. The molecule has 0 bridgehead atoms. The Morgan fingerprint density at radius 3 is 2.33 bits per heavy atom. The van der Waals surface area contributed by atoms with Crippen LogP contribution in [-0.4, -0.2) is 40.0 Å². The third-order valence-corrected chi connectivity index (χ3v) is 5.76. The summed E-state index contributed by atoms with van der Waals surface area (Å²) in [6, 6.07) is 19.7. The first-order valence-electron chi connectivity index (χ1n) is 10.5. The van der Waals surface area contributed by atoms with Crippen LogP contribution in [0.15, 0.2) is 78.4 Å². The first kappa shape index (κ1) is 20.6. The van der Waals surface area contributed by atoms with E-state index in [9.17, 15) is 19.8 Å². The molecule has 2 heterocycles. The molecule has 0 aromatic heterocycles. The van der Waals surface area contributed by atoms with Crippen LogP contribution in [0.25, 0.3) is 5.76 Å². The highest BCUT2D eigenvalue weighted by Gasteiger charge is 2.46. The lowest BCUT2D eigenvalue weighted by atomic mass is 9.95. The minimum absolute atomic E-state index is 0.0155. The Bertz CT molecular complexity index is 1250. The number of aliphatic hydroxyl groups excluding tert-OH is 1. The minimum Gasteiger partial charge on any atom is -0.508 e. The van der Waals surface area contributed by atoms with Gasteiger partial charge in [0.2, 0.25) is 0 Å². The molecule has 0 saturated carbocycles. The number of fused-ring (bicyclic) bond motifs is 1. The molecule has 166 valence electrons. The fourth-order valence-corrected chi connectivity index (χ4v) is 4.17. The number of aliphatic hydroxyl groups is 1. The molecule has 0 radical (unpaired) electrons. The van der Waals surface area contributed by atoms with Crippen molar-refractivity contribution in [1.82, 2.24) is 4.90 Å². The fourth-order valence-electron chi connectivity index (χ4n) is 4.17. The molecule has 5 rings (SSSR count). The lowest BCUT2D eigenvalue weighted by Gasteiger charge is -2.25. The monoisotopic (exact) mass is 443 g/mol. The second-order valence-electron chi connectivity index (χ2n) is 7.86. The summed E-state index contributed by atoms with van der Waals surface area (Å²) in [5, 5.41) is 20.9. The van der Waals surface area contributed by atoms with Gasteiger partial charge in [-0.3, -0.25) is 9.59 Å². The number of nitrogens with zero attached hydrogens (tertiary/aromatic N) is 1. The summed E-state index contributed by atoms with van der Waals surface area (Å²) in [6.45, 7) is 1.00. The van der Waals surface area contributed by atoms with Crippen LogP contribution in [0.2, 0.25) is 0 Å². The number of carbonyl (C=O) groups is 2. The number of Topliss-reactive ketones (excluding diaryl/α,β-unsaturated/α-hetero) is 1. The molecular weight excluding hydrogens is 422 g/mol. The average molecular weight is 443 g/mol. The van der Waals surface area contributed by atoms with Gasteiger partial charge < -0.3 is 24.6 Å². The normalized spacial score (nSPS) is 19.0. The van der Waals surface area contributed by atoms with Crippen LogP contribution in [0.5, 0.6) is 17.2 Å². The smallest absolute Gasteiger partial charge is 0.295 e. The molecule has 1 saturated heterocycles. The first-order valence-corrected chi connectivity index (χ1v) is 10.5. The highest BCUT2D eigenvalue weighted by atomic mass is 16.6. The third kappa shape index (κ3) is 3.78. The van der Waals surface area contributed by atoms with E-state index in [0.29, 0.717) is 35.8 Å². The Hall–Kier alpha value is -4.26. The van der Waals surface area contributed by atoms with E-state index in [0.717, 1.165) is 5.56 Å². The Morgan fingerprint density at radius 1 is 0.909 bits per heavy atom. The van der Waals surface area contributed by atoms with Crippen molar-refractivity contribution >= 4 is 17.4 Å². The summed E-state index contributed by atoms with van der Waals surface area (Å²) in [5.41, 5.74) is 1.78. The van der Waals surface area contributed by atoms with E-state index < -0.39 is 17.7 Å². The summed E-state index contributed by atoms with van der Waals surface area (Å²) in [4.78, 5) is 27.7. The van der Waals surface area contributed by atoms with Crippen LogP contribution in [0.3, 0.4) is 0 Å². The predicted molar refractivity (Wildman–Crippen MR) is 120 cm³/mol. The Morgan fingerprint density at radius 2 is 1.61 bits per heavy atom. The van der Waals surface area contributed by atoms with Crippen molar-refractivity contribution in [3.05, 3.63) is 95.1 Å². The molecule has 2 aliphatic heterocycles. The van der Waals surface area contributed by atoms with Crippen molar-refractivity contribution in [2.45, 2.75) is 12.6 Å². The summed E-state index contributed by atoms with van der Waals surface area (Å²) < 4.78 is 11.1. The molecule has 7 nitrogen and oxygen atoms in total. The van der Waals surface area contributed by atoms with Gasteiger partial charge in [-0.05, 0) is 41.5 Å². The van der Waals surface area contributed by atoms with E-state index in [-0.39, 0.29) is 23.6 Å². The first-order chi connectivity index (χ1) is 16.0. The molecular formula is C26H21NO6. The maximum atomic E-state index is 13.1. The van der Waals surface area contributed by atoms with Crippen molar-refractivity contribution in [3.63, 3.8) is 0 Å². The Kier molecular flexibility index (Phi) is 5.22. The van der Waals surface area contributed by atoms with Gasteiger partial charge in [0.1, 0.15) is 24.7 Å². The second kappa shape index (κ2) is 8.35. The van der Waals surface area contributed by atoms with Gasteiger partial charge in [-0.15, -0.1) is 0 Å². The van der Waals surface area contributed by atoms with Gasteiger partial charge in [-0.1, -0.05) is 42.5 Å². The molecule has 3 aromatic rings. The SMILES string of the molecule is O=C1C(=O)N(Cc2ccccc2)[C@H](c2ccc(O)cc2)C1=C(O)c1ccc2c(c1)OCCO2. The van der Waals surface area contributed by atoms with Crippen LogP contribution >= 0.6 is 0 Å². The standard InChI is InChI=1S/C26H21NO6/c28-19-9-6-17(7-10-19)23-22(24(29)18-8-11-20-21(14-18)33-13-12-32-20)25(30)26(31)27(23)15-16-4-2-1-3-5-16/h1-11,14,23,28-29H,12-13,15H2/t23-/m1/s1. The number of carbonyl (C=O) groups excluding carboxylic acids is 2. The van der Waals surface area contributed by atoms with Crippen LogP contribution in [0, 0.1) is 0 Å². The van der Waals surface area contributed by atoms with Crippen molar-refractivity contribution in [3.8, 4) is 17.2 Å². The number of phenolic OH excluding ortho intramolecular Hbond substituents is 1. The van der Waals surface area contributed by atoms with Crippen LogP contribution in [0.1, 0.15) is 22.7 Å². The average Bonchev–Trinajstić information content (AvgIpc) is 3.09. The lowest BCUT2D eigenvalue weighted by Crippen LogP contribution is -2.29. The molecule has 0 aliphatic carbocycles. The van der Waals surface area contributed by atoms with Gasteiger partial charge >= 0.3 is 0 Å². The van der Waals surface area contributed by atoms with Gasteiger partial charge in [0.15, 0.2) is 11.5 Å². The number of likely N-dealkylation sites (tertiary alicyclic amines) is 1. The topological polar surface area (TPSA) is 96.3 Å². The number of amides is 1. The van der Waals surface area contributed by atoms with Crippen LogP contribution in [0.4, 0.5) is 0 Å². The van der Waals surface area contributed by atoms with Crippen molar-refractivity contribution in [1.29, 1.82) is 0 Å². The van der Waals surface area contributed by atoms with Gasteiger partial charge in [-0.2, -0.15) is 0 Å². The zero-order valence-electron chi connectivity index (χ0n) is 17.6. The zero-order valence-corrected chi connectivity index (χ0v) is 17.6. The van der Waals surface area contributed by atoms with Crippen LogP contribution < -0.4 is 9.47 Å². The molecule has 1 fully saturated rings. The molecule has 3 aromatic carbocycles. The number of hydrogen-bond donors (Lipinski definition) is 2. The van der Waals surface area contributed by atoms with E-state index >= 15 is 0 Å². The van der Waals surface area contributed by atoms with E-state index in [1.165, 1.54) is 17.0 Å². The predicted octanol–water partition coefficient (Wildman–Crippen LogP) is 3.79. The van der Waals surface area contributed by atoms with Gasteiger partial charge in [0.05, 0.1) is 11.6 Å². The summed E-state index contributed by atoms with van der Waals surface area (Å²) in [6.07, 6.45) is 0. The molecule has 2 aliphatic rings. The number of hydrogen-bond acceptors (Lipinski definition) is 6. The molecule has 1 amide bonds. The van der Waals surface area contributed by atoms with Crippen molar-refractivity contribution in [2.75, 3.05) is 13.2 Å². The second-order valence-corrected chi connectivity index (χ2v) is 7.86. The van der Waals surface area contributed by atoms with Gasteiger partial charge in [-0.25, -0.2) is 0 Å². The maximum Gasteiger partial charge on any atom is 0.295 e. The Labute approximate surface area is 190 Å². The van der Waals surface area contributed by atoms with Crippen molar-refractivity contribution < 1.29 is 29.3 Å².